The fourth-order valence-corrected chi connectivity index (χ4v) is 2.26. The van der Waals surface area contributed by atoms with Crippen LogP contribution in [0.5, 0.6) is 11.5 Å². The lowest BCUT2D eigenvalue weighted by atomic mass is 10.2. The van der Waals surface area contributed by atoms with Crippen molar-refractivity contribution in [2.75, 3.05) is 30.4 Å². The van der Waals surface area contributed by atoms with Gasteiger partial charge >= 0.3 is 0 Å². The van der Waals surface area contributed by atoms with Gasteiger partial charge < -0.3 is 20.1 Å². The summed E-state index contributed by atoms with van der Waals surface area (Å²) in [6, 6.07) is 8.67. The van der Waals surface area contributed by atoms with Crippen LogP contribution in [0.1, 0.15) is 30.3 Å². The number of aromatic nitrogens is 2. The molecule has 0 saturated carbocycles. The molecular weight excluding hydrogens is 308 g/mol. The molecule has 2 aromatic rings. The molecule has 7 heteroatoms. The zero-order valence-electron chi connectivity index (χ0n) is 13.5. The van der Waals surface area contributed by atoms with Crippen LogP contribution in [0.4, 0.5) is 11.5 Å². The van der Waals surface area contributed by atoms with E-state index in [1.165, 1.54) is 0 Å². The van der Waals surface area contributed by atoms with Crippen molar-refractivity contribution in [3.05, 3.63) is 36.0 Å². The van der Waals surface area contributed by atoms with Gasteiger partial charge in [0.25, 0.3) is 5.91 Å². The number of carbonyl (C=O) groups excluding carboxylic acids is 1. The van der Waals surface area contributed by atoms with E-state index >= 15 is 0 Å². The number of nitrogens with zero attached hydrogens (tertiary/aromatic N) is 2. The number of amides is 1. The predicted molar refractivity (Wildman–Crippen MR) is 90.8 cm³/mol. The topological polar surface area (TPSA) is 85.4 Å². The SMILES string of the molecule is CCCCNc1ccc(C(=O)Nc2ccc3c(c2)OCCO3)nn1. The van der Waals surface area contributed by atoms with Crippen LogP contribution in [0.2, 0.25) is 0 Å². The van der Waals surface area contributed by atoms with Crippen molar-refractivity contribution in [3.8, 4) is 11.5 Å². The molecule has 1 aromatic carbocycles. The van der Waals surface area contributed by atoms with Crippen molar-refractivity contribution in [1.82, 2.24) is 10.2 Å². The molecule has 2 heterocycles. The second-order valence-electron chi connectivity index (χ2n) is 5.40. The number of nitrogens with one attached hydrogen (secondary N) is 2. The molecule has 0 unspecified atom stereocenters. The van der Waals surface area contributed by atoms with Crippen LogP contribution in [0.25, 0.3) is 0 Å². The molecule has 0 saturated heterocycles. The smallest absolute Gasteiger partial charge is 0.276 e. The van der Waals surface area contributed by atoms with Gasteiger partial charge in [-0.05, 0) is 30.7 Å². The van der Waals surface area contributed by atoms with Gasteiger partial charge in [0.2, 0.25) is 0 Å². The number of unbranched alkanes of at least 4 members (excludes halogenated alkanes) is 1. The van der Waals surface area contributed by atoms with E-state index in [-0.39, 0.29) is 11.6 Å². The Morgan fingerprint density at radius 3 is 2.71 bits per heavy atom. The third kappa shape index (κ3) is 3.92. The van der Waals surface area contributed by atoms with Crippen LogP contribution in [-0.2, 0) is 0 Å². The molecule has 2 N–H and O–H groups in total. The monoisotopic (exact) mass is 328 g/mol. The molecule has 0 bridgehead atoms. The van der Waals surface area contributed by atoms with Gasteiger partial charge in [0.05, 0.1) is 0 Å². The standard InChI is InChI=1S/C17H20N4O3/c1-2-3-8-18-16-7-5-13(20-21-16)17(22)19-12-4-6-14-15(11-12)24-10-9-23-14/h4-7,11H,2-3,8-10H2,1H3,(H,18,21)(H,19,22). The van der Waals surface area contributed by atoms with E-state index in [4.69, 9.17) is 9.47 Å². The average molecular weight is 328 g/mol. The minimum atomic E-state index is -0.320. The van der Waals surface area contributed by atoms with Gasteiger partial charge in [-0.15, -0.1) is 10.2 Å². The number of ether oxygens (including phenoxy) is 2. The molecule has 1 aliphatic heterocycles. The maximum Gasteiger partial charge on any atom is 0.276 e. The van der Waals surface area contributed by atoms with E-state index in [2.05, 4.69) is 27.8 Å². The Morgan fingerprint density at radius 1 is 1.12 bits per heavy atom. The molecule has 3 rings (SSSR count). The second kappa shape index (κ2) is 7.63. The predicted octanol–water partition coefficient (Wildman–Crippen LogP) is 2.71. The highest BCUT2D eigenvalue weighted by molar-refractivity contribution is 6.02. The Morgan fingerprint density at radius 2 is 1.96 bits per heavy atom. The first-order valence-corrected chi connectivity index (χ1v) is 8.05. The number of fused-ring (bicyclic) bond motifs is 1. The summed E-state index contributed by atoms with van der Waals surface area (Å²) in [4.78, 5) is 12.2. The van der Waals surface area contributed by atoms with Crippen molar-refractivity contribution in [1.29, 1.82) is 0 Å². The third-order valence-electron chi connectivity index (χ3n) is 3.53. The van der Waals surface area contributed by atoms with Gasteiger partial charge in [-0.3, -0.25) is 4.79 Å². The lowest BCUT2D eigenvalue weighted by molar-refractivity contribution is 0.102. The number of rotatable bonds is 6. The van der Waals surface area contributed by atoms with Crippen LogP contribution in [0.15, 0.2) is 30.3 Å². The normalized spacial score (nSPS) is 12.5. The number of benzene rings is 1. The van der Waals surface area contributed by atoms with E-state index in [1.54, 1.807) is 30.3 Å². The van der Waals surface area contributed by atoms with E-state index in [0.29, 0.717) is 36.2 Å². The Labute approximate surface area is 140 Å². The molecule has 1 aliphatic rings. The fourth-order valence-electron chi connectivity index (χ4n) is 2.26. The van der Waals surface area contributed by atoms with Crippen LogP contribution in [-0.4, -0.2) is 35.9 Å². The van der Waals surface area contributed by atoms with E-state index in [9.17, 15) is 4.79 Å². The maximum atomic E-state index is 12.2. The molecule has 1 amide bonds. The number of hydrogen-bond acceptors (Lipinski definition) is 6. The molecular formula is C17H20N4O3. The van der Waals surface area contributed by atoms with E-state index in [0.717, 1.165) is 19.4 Å². The lowest BCUT2D eigenvalue weighted by Crippen LogP contribution is -2.17. The van der Waals surface area contributed by atoms with Crippen LogP contribution in [0, 0.1) is 0 Å². The first-order chi connectivity index (χ1) is 11.8. The molecule has 0 spiro atoms. The first-order valence-electron chi connectivity index (χ1n) is 8.05. The van der Waals surface area contributed by atoms with Crippen molar-refractivity contribution in [3.63, 3.8) is 0 Å². The van der Waals surface area contributed by atoms with Crippen molar-refractivity contribution in [2.45, 2.75) is 19.8 Å². The van der Waals surface area contributed by atoms with Gasteiger partial charge in [-0.1, -0.05) is 13.3 Å². The highest BCUT2D eigenvalue weighted by Crippen LogP contribution is 2.32. The van der Waals surface area contributed by atoms with Crippen LogP contribution < -0.4 is 20.1 Å². The summed E-state index contributed by atoms with van der Waals surface area (Å²) < 4.78 is 11.0. The summed E-state index contributed by atoms with van der Waals surface area (Å²) >= 11 is 0. The third-order valence-corrected chi connectivity index (χ3v) is 3.53. The van der Waals surface area contributed by atoms with E-state index in [1.807, 2.05) is 0 Å². The summed E-state index contributed by atoms with van der Waals surface area (Å²) in [6.45, 7) is 4.00. The van der Waals surface area contributed by atoms with E-state index < -0.39 is 0 Å². The lowest BCUT2D eigenvalue weighted by Gasteiger charge is -2.18. The van der Waals surface area contributed by atoms with Crippen molar-refractivity contribution >= 4 is 17.4 Å². The Balaban J connectivity index is 1.62. The molecule has 0 atom stereocenters. The molecule has 7 nitrogen and oxygen atoms in total. The summed E-state index contributed by atoms with van der Waals surface area (Å²) in [5.74, 6) is 1.65. The highest BCUT2D eigenvalue weighted by Gasteiger charge is 2.14. The summed E-state index contributed by atoms with van der Waals surface area (Å²) in [5.41, 5.74) is 0.877. The van der Waals surface area contributed by atoms with Crippen LogP contribution in [0.3, 0.4) is 0 Å². The number of hydrogen-bond donors (Lipinski definition) is 2. The first kappa shape index (κ1) is 16.0. The quantitative estimate of drug-likeness (QED) is 0.793. The Bertz CT molecular complexity index is 703. The highest BCUT2D eigenvalue weighted by atomic mass is 16.6. The minimum Gasteiger partial charge on any atom is -0.486 e. The summed E-state index contributed by atoms with van der Waals surface area (Å²) in [7, 11) is 0. The summed E-state index contributed by atoms with van der Waals surface area (Å²) in [6.07, 6.45) is 2.17. The van der Waals surface area contributed by atoms with Gasteiger partial charge in [-0.2, -0.15) is 0 Å². The average Bonchev–Trinajstić information content (AvgIpc) is 2.62. The number of anilines is 2. The molecule has 1 aromatic heterocycles. The largest absolute Gasteiger partial charge is 0.486 e. The summed E-state index contributed by atoms with van der Waals surface area (Å²) in [5, 5.41) is 13.9. The molecule has 0 radical (unpaired) electrons. The number of carbonyl (C=O) groups is 1. The molecule has 0 aliphatic carbocycles. The van der Waals surface area contributed by atoms with Gasteiger partial charge in [0.1, 0.15) is 19.0 Å². The molecule has 24 heavy (non-hydrogen) atoms. The van der Waals surface area contributed by atoms with Crippen molar-refractivity contribution in [2.24, 2.45) is 0 Å². The fraction of sp³-hybridized carbons (Fsp3) is 0.353. The van der Waals surface area contributed by atoms with Crippen molar-refractivity contribution < 1.29 is 14.3 Å². The molecule has 126 valence electrons. The maximum absolute atomic E-state index is 12.2. The minimum absolute atomic E-state index is 0.255. The zero-order chi connectivity index (χ0) is 16.8. The zero-order valence-corrected chi connectivity index (χ0v) is 13.5. The van der Waals surface area contributed by atoms with Gasteiger partial charge in [-0.25, -0.2) is 0 Å². The van der Waals surface area contributed by atoms with Gasteiger partial charge in [0, 0.05) is 18.3 Å². The Kier molecular flexibility index (Phi) is 5.10. The Hall–Kier alpha value is -2.83. The second-order valence-corrected chi connectivity index (χ2v) is 5.40. The van der Waals surface area contributed by atoms with Gasteiger partial charge in [0.15, 0.2) is 17.2 Å². The van der Waals surface area contributed by atoms with Crippen LogP contribution >= 0.6 is 0 Å². The molecule has 0 fully saturated rings.